The van der Waals surface area contributed by atoms with Crippen LogP contribution in [0.2, 0.25) is 0 Å². The van der Waals surface area contributed by atoms with Gasteiger partial charge in [0.05, 0.1) is 29.0 Å². The van der Waals surface area contributed by atoms with Crippen molar-refractivity contribution in [3.8, 4) is 0 Å². The highest BCUT2D eigenvalue weighted by atomic mass is 16.7. The van der Waals surface area contributed by atoms with Crippen molar-refractivity contribution < 1.29 is 14.4 Å². The maximum absolute atomic E-state index is 10.0. The third kappa shape index (κ3) is 4.17. The van der Waals surface area contributed by atoms with Crippen molar-refractivity contribution in [2.75, 3.05) is 0 Å². The lowest BCUT2D eigenvalue weighted by Gasteiger charge is -2.32. The molecule has 0 spiro atoms. The minimum atomic E-state index is -0.809. The molecule has 1 saturated heterocycles. The monoisotopic (exact) mass is 324 g/mol. The molecule has 0 bridgehead atoms. The van der Waals surface area contributed by atoms with Gasteiger partial charge >= 0.3 is 7.12 Å². The molecule has 6 heteroatoms. The molecule has 23 heavy (non-hydrogen) atoms. The van der Waals surface area contributed by atoms with Crippen molar-refractivity contribution >= 4 is 12.6 Å². The topological polar surface area (TPSA) is 56.5 Å². The highest BCUT2D eigenvalue weighted by Gasteiger charge is 2.53. The first-order chi connectivity index (χ1) is 10.3. The van der Waals surface area contributed by atoms with Crippen molar-refractivity contribution in [2.45, 2.75) is 92.6 Å². The van der Waals surface area contributed by atoms with Crippen LogP contribution in [0.5, 0.6) is 0 Å². The third-order valence-corrected chi connectivity index (χ3v) is 4.46. The molecule has 0 unspecified atom stereocenters. The average Bonchev–Trinajstić information content (AvgIpc) is 2.74. The van der Waals surface area contributed by atoms with Gasteiger partial charge in [0.25, 0.3) is 0 Å². The van der Waals surface area contributed by atoms with Gasteiger partial charge < -0.3 is 14.4 Å². The van der Waals surface area contributed by atoms with Crippen LogP contribution >= 0.6 is 0 Å². The zero-order valence-electron chi connectivity index (χ0n) is 16.4. The molecule has 1 aromatic heterocycles. The molecule has 1 fully saturated rings. The van der Waals surface area contributed by atoms with Gasteiger partial charge in [-0.2, -0.15) is 5.10 Å². The second-order valence-corrected chi connectivity index (χ2v) is 7.64. The predicted molar refractivity (Wildman–Crippen MR) is 95.1 cm³/mol. The van der Waals surface area contributed by atoms with Crippen LogP contribution in [0, 0.1) is 13.8 Å². The molecular weight excluding hydrogens is 291 g/mol. The summed E-state index contributed by atoms with van der Waals surface area (Å²) in [6.07, 6.45) is 0. The van der Waals surface area contributed by atoms with E-state index in [0.29, 0.717) is 6.54 Å². The van der Waals surface area contributed by atoms with Gasteiger partial charge in [-0.15, -0.1) is 0 Å². The molecule has 0 aliphatic carbocycles. The lowest BCUT2D eigenvalue weighted by Crippen LogP contribution is -2.41. The average molecular weight is 324 g/mol. The van der Waals surface area contributed by atoms with Crippen LogP contribution in [0.15, 0.2) is 0 Å². The Kier molecular flexibility index (Phi) is 5.77. The second-order valence-electron chi connectivity index (χ2n) is 7.64. The summed E-state index contributed by atoms with van der Waals surface area (Å²) in [5, 5.41) is 14.5. The molecule has 1 aliphatic heterocycles. The fourth-order valence-electron chi connectivity index (χ4n) is 2.53. The second kappa shape index (κ2) is 6.57. The number of hydrogen-bond donors (Lipinski definition) is 1. The normalized spacial score (nSPS) is 19.5. The SMILES string of the molecule is CC.Cc1nn(CC(C)(C)O)c(C)c1B1OC(C)(C)C(C)(C)O1. The molecule has 0 amide bonds. The number of aromatic nitrogens is 2. The summed E-state index contributed by atoms with van der Waals surface area (Å²) >= 11 is 0. The van der Waals surface area contributed by atoms with Gasteiger partial charge in [-0.25, -0.2) is 0 Å². The molecule has 1 aromatic rings. The van der Waals surface area contributed by atoms with E-state index in [-0.39, 0.29) is 11.2 Å². The molecule has 5 nitrogen and oxygen atoms in total. The largest absolute Gasteiger partial charge is 0.498 e. The Balaban J connectivity index is 0.00000127. The Hall–Kier alpha value is -0.845. The molecule has 0 aromatic carbocycles. The van der Waals surface area contributed by atoms with E-state index >= 15 is 0 Å². The molecule has 2 heterocycles. The van der Waals surface area contributed by atoms with E-state index in [2.05, 4.69) is 5.10 Å². The van der Waals surface area contributed by atoms with Crippen LogP contribution in [0.1, 0.15) is 66.8 Å². The van der Waals surface area contributed by atoms with E-state index in [1.807, 2.05) is 60.1 Å². The number of aryl methyl sites for hydroxylation is 1. The molecule has 0 atom stereocenters. The molecule has 132 valence electrons. The highest BCUT2D eigenvalue weighted by molar-refractivity contribution is 6.63. The van der Waals surface area contributed by atoms with Crippen molar-refractivity contribution in [1.82, 2.24) is 9.78 Å². The van der Waals surface area contributed by atoms with E-state index < -0.39 is 12.7 Å². The summed E-state index contributed by atoms with van der Waals surface area (Å²) in [6.45, 7) is 20.1. The van der Waals surface area contributed by atoms with Crippen LogP contribution in [-0.2, 0) is 15.9 Å². The summed E-state index contributed by atoms with van der Waals surface area (Å²) in [4.78, 5) is 0. The maximum atomic E-state index is 10.0. The van der Waals surface area contributed by atoms with Crippen molar-refractivity contribution in [2.24, 2.45) is 0 Å². The fraction of sp³-hybridized carbons (Fsp3) is 0.824. The third-order valence-electron chi connectivity index (χ3n) is 4.46. The first-order valence-corrected chi connectivity index (χ1v) is 8.46. The Morgan fingerprint density at radius 2 is 1.52 bits per heavy atom. The summed E-state index contributed by atoms with van der Waals surface area (Å²) in [6, 6.07) is 0. The Morgan fingerprint density at radius 3 is 1.91 bits per heavy atom. The zero-order valence-corrected chi connectivity index (χ0v) is 16.4. The number of nitrogens with zero attached hydrogens (tertiary/aromatic N) is 2. The summed E-state index contributed by atoms with van der Waals surface area (Å²) in [5.74, 6) is 0. The minimum absolute atomic E-state index is 0.366. The number of hydrogen-bond acceptors (Lipinski definition) is 4. The van der Waals surface area contributed by atoms with Crippen molar-refractivity contribution in [3.63, 3.8) is 0 Å². The number of aliphatic hydroxyl groups is 1. The zero-order chi connectivity index (χ0) is 18.2. The molecule has 1 N–H and O–H groups in total. The predicted octanol–water partition coefficient (Wildman–Crippen LogP) is 2.60. The maximum Gasteiger partial charge on any atom is 0.498 e. The van der Waals surface area contributed by atoms with Gasteiger partial charge in [-0.1, -0.05) is 13.8 Å². The first kappa shape index (κ1) is 20.2. The van der Waals surface area contributed by atoms with E-state index in [9.17, 15) is 5.11 Å². The Morgan fingerprint density at radius 1 is 1.09 bits per heavy atom. The standard InChI is InChI=1S/C15H27BN2O3.C2H6/c1-10-12(11(2)18(17-10)9-13(3,4)19)16-20-14(5,6)15(7,8)21-16;1-2/h19H,9H2,1-8H3;1-2H3. The van der Waals surface area contributed by atoms with Crippen LogP contribution in [-0.4, -0.2) is 38.8 Å². The molecule has 2 rings (SSSR count). The van der Waals surface area contributed by atoms with E-state index in [1.165, 1.54) is 0 Å². The Bertz CT molecular complexity index is 529. The van der Waals surface area contributed by atoms with E-state index in [4.69, 9.17) is 9.31 Å². The van der Waals surface area contributed by atoms with Gasteiger partial charge in [0, 0.05) is 11.2 Å². The van der Waals surface area contributed by atoms with Crippen LogP contribution < -0.4 is 5.46 Å². The fourth-order valence-corrected chi connectivity index (χ4v) is 2.53. The summed E-state index contributed by atoms with van der Waals surface area (Å²) in [5.41, 5.74) is 1.29. The summed E-state index contributed by atoms with van der Waals surface area (Å²) < 4.78 is 14.1. The van der Waals surface area contributed by atoms with Crippen molar-refractivity contribution in [3.05, 3.63) is 11.4 Å². The molecule has 0 saturated carbocycles. The van der Waals surface area contributed by atoms with E-state index in [0.717, 1.165) is 16.9 Å². The van der Waals surface area contributed by atoms with E-state index in [1.54, 1.807) is 13.8 Å². The van der Waals surface area contributed by atoms with Gasteiger partial charge in [0.1, 0.15) is 0 Å². The van der Waals surface area contributed by atoms with Gasteiger partial charge in [-0.05, 0) is 55.4 Å². The highest BCUT2D eigenvalue weighted by Crippen LogP contribution is 2.36. The quantitative estimate of drug-likeness (QED) is 0.869. The van der Waals surface area contributed by atoms with Gasteiger partial charge in [0.2, 0.25) is 0 Å². The molecular formula is C17H33BN2O3. The molecule has 1 aliphatic rings. The van der Waals surface area contributed by atoms with Crippen LogP contribution in [0.4, 0.5) is 0 Å². The van der Waals surface area contributed by atoms with Crippen LogP contribution in [0.3, 0.4) is 0 Å². The first-order valence-electron chi connectivity index (χ1n) is 8.46. The van der Waals surface area contributed by atoms with Gasteiger partial charge in [-0.3, -0.25) is 4.68 Å². The van der Waals surface area contributed by atoms with Crippen LogP contribution in [0.25, 0.3) is 0 Å². The molecule has 0 radical (unpaired) electrons. The smallest absolute Gasteiger partial charge is 0.399 e. The lowest BCUT2D eigenvalue weighted by molar-refractivity contribution is 0.00578. The Labute approximate surface area is 141 Å². The number of rotatable bonds is 3. The van der Waals surface area contributed by atoms with Crippen molar-refractivity contribution in [1.29, 1.82) is 0 Å². The minimum Gasteiger partial charge on any atom is -0.399 e. The van der Waals surface area contributed by atoms with Gasteiger partial charge in [0.15, 0.2) is 0 Å². The summed E-state index contributed by atoms with van der Waals surface area (Å²) in [7, 11) is -0.412. The lowest BCUT2D eigenvalue weighted by atomic mass is 9.77.